The molecular formula is C25H21N5O5S. The van der Waals surface area contributed by atoms with E-state index in [0.29, 0.717) is 35.9 Å². The average molecular weight is 504 g/mol. The van der Waals surface area contributed by atoms with E-state index in [1.165, 1.54) is 0 Å². The van der Waals surface area contributed by atoms with Gasteiger partial charge in [-0.15, -0.1) is 11.3 Å². The number of anilines is 1. The molecule has 10 nitrogen and oxygen atoms in total. The fourth-order valence-corrected chi connectivity index (χ4v) is 4.65. The molecule has 0 spiro atoms. The summed E-state index contributed by atoms with van der Waals surface area (Å²) < 4.78 is 16.7. The van der Waals surface area contributed by atoms with Gasteiger partial charge < -0.3 is 24.0 Å². The van der Waals surface area contributed by atoms with Crippen molar-refractivity contribution in [3.8, 4) is 34.7 Å². The molecule has 1 N–H and O–H groups in total. The number of nitrogens with zero attached hydrogens (tertiary/aromatic N) is 5. The Hall–Kier alpha value is -4.27. The van der Waals surface area contributed by atoms with Crippen LogP contribution in [0.25, 0.3) is 22.7 Å². The first-order chi connectivity index (χ1) is 17.5. The van der Waals surface area contributed by atoms with Gasteiger partial charge >= 0.3 is 5.97 Å². The molecule has 4 aromatic rings. The van der Waals surface area contributed by atoms with Crippen LogP contribution in [0.4, 0.5) is 5.69 Å². The van der Waals surface area contributed by atoms with Crippen molar-refractivity contribution in [2.24, 2.45) is 0 Å². The normalized spacial score (nSPS) is 13.4. The molecule has 0 bridgehead atoms. The molecule has 5 rings (SSSR count). The molecule has 1 fully saturated rings. The fraction of sp³-hybridized carbons (Fsp3) is 0.240. The SMILES string of the molecule is Cc1noc(-c2cc(-c3ccc(N4CCOCC4)cc3)nc(OCc3ccsc3C(=O)O)c2C#N)n1. The number of morpholine rings is 1. The molecule has 1 aromatic carbocycles. The van der Waals surface area contributed by atoms with Crippen molar-refractivity contribution in [1.82, 2.24) is 15.1 Å². The highest BCUT2D eigenvalue weighted by atomic mass is 32.1. The number of carboxylic acid groups (broad SMARTS) is 1. The summed E-state index contributed by atoms with van der Waals surface area (Å²) in [6.07, 6.45) is 0. The second-order valence-corrected chi connectivity index (χ2v) is 8.92. The van der Waals surface area contributed by atoms with Gasteiger partial charge in [0, 0.05) is 29.9 Å². The monoisotopic (exact) mass is 503 g/mol. The van der Waals surface area contributed by atoms with Gasteiger partial charge in [0.05, 0.1) is 24.5 Å². The summed E-state index contributed by atoms with van der Waals surface area (Å²) in [5.41, 5.74) is 3.44. The van der Waals surface area contributed by atoms with Crippen molar-refractivity contribution >= 4 is 23.0 Å². The van der Waals surface area contributed by atoms with Crippen LogP contribution < -0.4 is 9.64 Å². The first-order valence-corrected chi connectivity index (χ1v) is 12.0. The highest BCUT2D eigenvalue weighted by Gasteiger charge is 2.22. The number of ether oxygens (including phenoxy) is 2. The minimum absolute atomic E-state index is 0.0562. The Morgan fingerprint density at radius 3 is 2.67 bits per heavy atom. The van der Waals surface area contributed by atoms with Crippen LogP contribution in [0.3, 0.4) is 0 Å². The van der Waals surface area contributed by atoms with E-state index in [-0.39, 0.29) is 28.8 Å². The van der Waals surface area contributed by atoms with Crippen molar-refractivity contribution in [3.63, 3.8) is 0 Å². The fourth-order valence-electron chi connectivity index (χ4n) is 3.90. The molecule has 0 aliphatic carbocycles. The third kappa shape index (κ3) is 4.77. The molecular weight excluding hydrogens is 482 g/mol. The molecule has 0 atom stereocenters. The highest BCUT2D eigenvalue weighted by molar-refractivity contribution is 7.12. The lowest BCUT2D eigenvalue weighted by Gasteiger charge is -2.28. The number of hydrogen-bond acceptors (Lipinski definition) is 10. The van der Waals surface area contributed by atoms with Crippen LogP contribution in [0.1, 0.15) is 26.6 Å². The summed E-state index contributed by atoms with van der Waals surface area (Å²) >= 11 is 1.11. The number of aromatic nitrogens is 3. The van der Waals surface area contributed by atoms with Crippen LogP contribution >= 0.6 is 11.3 Å². The van der Waals surface area contributed by atoms with Crippen LogP contribution in [0.2, 0.25) is 0 Å². The standard InChI is InChI=1S/C25H21N5O5S/c1-15-27-24(35-29-15)19-12-21(16-2-4-18(5-3-16)30-7-9-33-10-8-30)28-23(20(19)13-26)34-14-17-6-11-36-22(17)25(31)32/h2-6,11-12H,7-10,14H2,1H3,(H,31,32). The number of thiophene rings is 1. The third-order valence-corrected chi connectivity index (χ3v) is 6.65. The van der Waals surface area contributed by atoms with Crippen LogP contribution in [0.5, 0.6) is 5.88 Å². The maximum Gasteiger partial charge on any atom is 0.346 e. The Bertz CT molecular complexity index is 1430. The topological polar surface area (TPSA) is 135 Å². The first-order valence-electron chi connectivity index (χ1n) is 11.1. The first kappa shape index (κ1) is 23.5. The summed E-state index contributed by atoms with van der Waals surface area (Å²) in [4.78, 5) is 22.8. The molecule has 4 heterocycles. The Labute approximate surface area is 210 Å². The lowest BCUT2D eigenvalue weighted by atomic mass is 10.0. The quantitative estimate of drug-likeness (QED) is 0.392. The predicted octanol–water partition coefficient (Wildman–Crippen LogP) is 4.15. The van der Waals surface area contributed by atoms with Crippen LogP contribution in [0.15, 0.2) is 46.3 Å². The van der Waals surface area contributed by atoms with Crippen molar-refractivity contribution in [3.05, 3.63) is 63.6 Å². The van der Waals surface area contributed by atoms with Gasteiger partial charge in [-0.2, -0.15) is 10.2 Å². The predicted molar refractivity (Wildman–Crippen MR) is 131 cm³/mol. The molecule has 0 amide bonds. The van der Waals surface area contributed by atoms with Gasteiger partial charge in [0.15, 0.2) is 5.82 Å². The number of benzene rings is 1. The van der Waals surface area contributed by atoms with E-state index in [1.54, 1.807) is 24.4 Å². The Kier molecular flexibility index (Phi) is 6.62. The van der Waals surface area contributed by atoms with Crippen molar-refractivity contribution in [2.45, 2.75) is 13.5 Å². The van der Waals surface area contributed by atoms with Gasteiger partial charge in [-0.1, -0.05) is 17.3 Å². The summed E-state index contributed by atoms with van der Waals surface area (Å²) in [5.74, 6) is -0.382. The van der Waals surface area contributed by atoms with E-state index in [2.05, 4.69) is 26.1 Å². The number of nitriles is 1. The van der Waals surface area contributed by atoms with E-state index < -0.39 is 5.97 Å². The minimum Gasteiger partial charge on any atom is -0.477 e. The Morgan fingerprint density at radius 1 is 1.22 bits per heavy atom. The van der Waals surface area contributed by atoms with E-state index in [4.69, 9.17) is 14.0 Å². The molecule has 0 unspecified atom stereocenters. The van der Waals surface area contributed by atoms with E-state index in [9.17, 15) is 15.2 Å². The molecule has 1 saturated heterocycles. The van der Waals surface area contributed by atoms with Crippen molar-refractivity contribution in [2.75, 3.05) is 31.2 Å². The maximum absolute atomic E-state index is 11.5. The third-order valence-electron chi connectivity index (χ3n) is 5.70. The minimum atomic E-state index is -1.03. The number of rotatable bonds is 7. The molecule has 3 aromatic heterocycles. The van der Waals surface area contributed by atoms with Gasteiger partial charge in [-0.25, -0.2) is 9.78 Å². The number of carboxylic acids is 1. The smallest absolute Gasteiger partial charge is 0.346 e. The molecule has 11 heteroatoms. The van der Waals surface area contributed by atoms with Crippen LogP contribution in [-0.2, 0) is 11.3 Å². The van der Waals surface area contributed by atoms with Crippen molar-refractivity contribution in [1.29, 1.82) is 5.26 Å². The Morgan fingerprint density at radius 2 is 2.00 bits per heavy atom. The molecule has 1 aliphatic heterocycles. The van der Waals surface area contributed by atoms with E-state index in [0.717, 1.165) is 35.7 Å². The molecule has 0 saturated carbocycles. The molecule has 0 radical (unpaired) electrons. The van der Waals surface area contributed by atoms with Crippen LogP contribution in [-0.4, -0.2) is 52.5 Å². The summed E-state index contributed by atoms with van der Waals surface area (Å²) in [6.45, 7) is 4.67. The molecule has 36 heavy (non-hydrogen) atoms. The lowest BCUT2D eigenvalue weighted by Crippen LogP contribution is -2.36. The number of carbonyl (C=O) groups is 1. The summed E-state index contributed by atoms with van der Waals surface area (Å²) in [5, 5.41) is 24.9. The van der Waals surface area contributed by atoms with Gasteiger partial charge in [-0.3, -0.25) is 0 Å². The highest BCUT2D eigenvalue weighted by Crippen LogP contribution is 2.34. The zero-order valence-corrected chi connectivity index (χ0v) is 20.1. The number of aromatic carboxylic acids is 1. The Balaban J connectivity index is 1.53. The van der Waals surface area contributed by atoms with Gasteiger partial charge in [0.1, 0.15) is 23.1 Å². The maximum atomic E-state index is 11.5. The van der Waals surface area contributed by atoms with E-state index >= 15 is 0 Å². The van der Waals surface area contributed by atoms with Crippen molar-refractivity contribution < 1.29 is 23.9 Å². The molecule has 1 aliphatic rings. The number of hydrogen-bond donors (Lipinski definition) is 1. The van der Waals surface area contributed by atoms with Gasteiger partial charge in [-0.05, 0) is 36.6 Å². The zero-order chi connectivity index (χ0) is 25.1. The molecule has 182 valence electrons. The van der Waals surface area contributed by atoms with Gasteiger partial charge in [0.25, 0.3) is 5.89 Å². The zero-order valence-electron chi connectivity index (χ0n) is 19.3. The van der Waals surface area contributed by atoms with Gasteiger partial charge in [0.2, 0.25) is 5.88 Å². The second-order valence-electron chi connectivity index (χ2n) is 8.01. The number of pyridine rings is 1. The largest absolute Gasteiger partial charge is 0.477 e. The van der Waals surface area contributed by atoms with E-state index in [1.807, 2.05) is 24.3 Å². The lowest BCUT2D eigenvalue weighted by molar-refractivity contribution is 0.0699. The van der Waals surface area contributed by atoms with Crippen LogP contribution in [0, 0.1) is 18.3 Å². The summed E-state index contributed by atoms with van der Waals surface area (Å²) in [7, 11) is 0. The second kappa shape index (κ2) is 10.2. The average Bonchev–Trinajstić information content (AvgIpc) is 3.56. The number of aryl methyl sites for hydroxylation is 1. The summed E-state index contributed by atoms with van der Waals surface area (Å²) in [6, 6.07) is 13.5.